The number of phenolic OH excluding ortho intramolecular Hbond substituents is 1. The third-order valence-corrected chi connectivity index (χ3v) is 2.42. The van der Waals surface area contributed by atoms with Crippen molar-refractivity contribution in [2.75, 3.05) is 0 Å². The van der Waals surface area contributed by atoms with Crippen LogP contribution in [-0.2, 0) is 0 Å². The van der Waals surface area contributed by atoms with E-state index >= 15 is 0 Å². The van der Waals surface area contributed by atoms with Crippen molar-refractivity contribution in [1.29, 1.82) is 0 Å². The monoisotopic (exact) mass is 293 g/mol. The molecule has 1 aromatic carbocycles. The lowest BCUT2D eigenvalue weighted by Crippen LogP contribution is -1.97. The second-order valence-corrected chi connectivity index (χ2v) is 3.74. The smallest absolute Gasteiger partial charge is 0.341 e. The molecule has 3 N–H and O–H groups in total. The lowest BCUT2D eigenvalue weighted by atomic mass is 10.2. The van der Waals surface area contributed by atoms with Crippen LogP contribution < -0.4 is 0 Å². The average Bonchev–Trinajstić information content (AvgIpc) is 2.87. The molecule has 11 nitrogen and oxygen atoms in total. The number of aromatic nitrogens is 2. The molecule has 1 aromatic heterocycles. The number of aromatic hydroxyl groups is 1. The zero-order chi connectivity index (χ0) is 15.6. The highest BCUT2D eigenvalue weighted by molar-refractivity contribution is 5.91. The number of H-pyrrole nitrogens is 1. The summed E-state index contributed by atoms with van der Waals surface area (Å²) in [7, 11) is 0. The topological polar surface area (TPSA) is 168 Å². The van der Waals surface area contributed by atoms with Gasteiger partial charge in [0.1, 0.15) is 5.56 Å². The lowest BCUT2D eigenvalue weighted by Gasteiger charge is -2.01. The number of carboxylic acids is 1. The predicted molar refractivity (Wildman–Crippen MR) is 65.7 cm³/mol. The van der Waals surface area contributed by atoms with Crippen molar-refractivity contribution in [3.63, 3.8) is 0 Å². The number of aromatic amines is 1. The van der Waals surface area contributed by atoms with Gasteiger partial charge in [-0.25, -0.2) is 4.79 Å². The Morgan fingerprint density at radius 3 is 2.71 bits per heavy atom. The van der Waals surface area contributed by atoms with E-state index in [2.05, 4.69) is 15.3 Å². The van der Waals surface area contributed by atoms with E-state index in [1.165, 1.54) is 0 Å². The molecule has 108 valence electrons. The number of benzene rings is 1. The summed E-state index contributed by atoms with van der Waals surface area (Å²) < 4.78 is 0. The Kier molecular flexibility index (Phi) is 3.47. The summed E-state index contributed by atoms with van der Waals surface area (Å²) in [5.74, 6) is -2.27. The van der Waals surface area contributed by atoms with E-state index in [4.69, 9.17) is 5.11 Å². The first kappa shape index (κ1) is 13.9. The SMILES string of the molecule is O=C(O)c1cn[nH]c1/N=[N+](/[O-])c1cc([N+](=O)[O-])ccc1O. The first-order valence-electron chi connectivity index (χ1n) is 5.33. The highest BCUT2D eigenvalue weighted by atomic mass is 16.6. The second kappa shape index (κ2) is 5.24. The Bertz CT molecular complexity index is 752. The van der Waals surface area contributed by atoms with Gasteiger partial charge in [0, 0.05) is 11.2 Å². The van der Waals surface area contributed by atoms with Crippen LogP contribution in [0, 0.1) is 15.3 Å². The molecular weight excluding hydrogens is 286 g/mol. The minimum absolute atomic E-state index is 0.137. The van der Waals surface area contributed by atoms with Crippen molar-refractivity contribution in [2.24, 2.45) is 5.11 Å². The minimum Gasteiger partial charge on any atom is -0.594 e. The number of phenols is 1. The van der Waals surface area contributed by atoms with Gasteiger partial charge in [-0.1, -0.05) is 0 Å². The van der Waals surface area contributed by atoms with Gasteiger partial charge in [-0.2, -0.15) is 5.10 Å². The summed E-state index contributed by atoms with van der Waals surface area (Å²) in [6.45, 7) is 0. The van der Waals surface area contributed by atoms with Gasteiger partial charge in [-0.15, -0.1) is 0 Å². The summed E-state index contributed by atoms with van der Waals surface area (Å²) in [5.41, 5.74) is -1.29. The number of carboxylic acid groups (broad SMARTS) is 1. The lowest BCUT2D eigenvalue weighted by molar-refractivity contribution is -0.438. The molecule has 21 heavy (non-hydrogen) atoms. The summed E-state index contributed by atoms with van der Waals surface area (Å²) in [5, 5.41) is 49.8. The minimum atomic E-state index is -1.36. The maximum Gasteiger partial charge on any atom is 0.341 e. The standard InChI is InChI=1S/C10H7N5O6/c16-8-2-1-5(15(20)21)3-7(8)14(19)13-9-6(10(17)18)4-11-12-9/h1-4,16H,(H,11,12)(H,17,18)/b14-13+. The van der Waals surface area contributed by atoms with E-state index in [1.807, 2.05) is 0 Å². The van der Waals surface area contributed by atoms with E-state index in [0.717, 1.165) is 24.4 Å². The predicted octanol–water partition coefficient (Wildman–Crippen LogP) is 1.65. The molecule has 0 spiro atoms. The van der Waals surface area contributed by atoms with Crippen LogP contribution in [0.3, 0.4) is 0 Å². The van der Waals surface area contributed by atoms with Gasteiger partial charge < -0.3 is 15.4 Å². The summed E-state index contributed by atoms with van der Waals surface area (Å²) in [6, 6.07) is 2.77. The van der Waals surface area contributed by atoms with Crippen LogP contribution in [0.5, 0.6) is 5.75 Å². The van der Waals surface area contributed by atoms with Crippen molar-refractivity contribution in [3.8, 4) is 5.75 Å². The van der Waals surface area contributed by atoms with Gasteiger partial charge in [0.2, 0.25) is 5.82 Å². The van der Waals surface area contributed by atoms with Crippen LogP contribution >= 0.6 is 0 Å². The van der Waals surface area contributed by atoms with E-state index in [0.29, 0.717) is 0 Å². The number of nitro benzene ring substituents is 1. The summed E-state index contributed by atoms with van der Waals surface area (Å²) in [6.07, 6.45) is 0.947. The molecule has 0 aliphatic carbocycles. The van der Waals surface area contributed by atoms with Gasteiger partial charge in [0.05, 0.1) is 17.2 Å². The number of nitro groups is 1. The van der Waals surface area contributed by atoms with Crippen molar-refractivity contribution in [3.05, 3.63) is 45.3 Å². The molecule has 0 amide bonds. The Hall–Kier alpha value is -3.50. The van der Waals surface area contributed by atoms with Crippen LogP contribution in [0.2, 0.25) is 0 Å². The van der Waals surface area contributed by atoms with E-state index in [9.17, 15) is 25.2 Å². The first-order chi connectivity index (χ1) is 9.90. The Morgan fingerprint density at radius 2 is 2.10 bits per heavy atom. The largest absolute Gasteiger partial charge is 0.594 e. The van der Waals surface area contributed by atoms with Crippen LogP contribution in [0.15, 0.2) is 29.5 Å². The van der Waals surface area contributed by atoms with Gasteiger partial charge in [0.15, 0.2) is 5.75 Å². The third-order valence-electron chi connectivity index (χ3n) is 2.42. The van der Waals surface area contributed by atoms with E-state index < -0.39 is 28.0 Å². The van der Waals surface area contributed by atoms with Gasteiger partial charge >= 0.3 is 5.97 Å². The van der Waals surface area contributed by atoms with Crippen molar-refractivity contribution in [1.82, 2.24) is 10.2 Å². The van der Waals surface area contributed by atoms with Crippen molar-refractivity contribution >= 4 is 23.2 Å². The molecule has 0 radical (unpaired) electrons. The number of hydrogen-bond acceptors (Lipinski definition) is 7. The number of hydrogen-bond donors (Lipinski definition) is 3. The van der Waals surface area contributed by atoms with Gasteiger partial charge in [-0.3, -0.25) is 15.2 Å². The maximum atomic E-state index is 11.8. The molecule has 0 saturated heterocycles. The molecule has 2 aromatic rings. The van der Waals surface area contributed by atoms with E-state index in [1.54, 1.807) is 0 Å². The molecular formula is C10H7N5O6. The Morgan fingerprint density at radius 1 is 1.38 bits per heavy atom. The number of rotatable bonds is 4. The zero-order valence-electron chi connectivity index (χ0n) is 10.1. The molecule has 0 atom stereocenters. The number of azo groups is 1. The molecule has 0 aliphatic heterocycles. The highest BCUT2D eigenvalue weighted by Crippen LogP contribution is 2.31. The molecule has 11 heteroatoms. The number of nitrogens with one attached hydrogen (secondary N) is 1. The first-order valence-corrected chi connectivity index (χ1v) is 5.33. The Labute approximate surface area is 115 Å². The molecule has 0 unspecified atom stereocenters. The maximum absolute atomic E-state index is 11.8. The Balaban J connectivity index is 2.48. The molecule has 0 saturated carbocycles. The highest BCUT2D eigenvalue weighted by Gasteiger charge is 2.20. The molecule has 0 bridgehead atoms. The number of nitrogens with zero attached hydrogens (tertiary/aromatic N) is 4. The van der Waals surface area contributed by atoms with E-state index in [-0.39, 0.29) is 16.2 Å². The number of aromatic carboxylic acids is 1. The number of non-ortho nitro benzene ring substituents is 1. The van der Waals surface area contributed by atoms with Crippen molar-refractivity contribution in [2.45, 2.75) is 0 Å². The molecule has 0 fully saturated rings. The second-order valence-electron chi connectivity index (χ2n) is 3.74. The fourth-order valence-corrected chi connectivity index (χ4v) is 1.44. The third kappa shape index (κ3) is 2.75. The average molecular weight is 293 g/mol. The molecule has 2 rings (SSSR count). The fourth-order valence-electron chi connectivity index (χ4n) is 1.44. The van der Waals surface area contributed by atoms with Gasteiger partial charge in [-0.05, 0) is 10.9 Å². The van der Waals surface area contributed by atoms with Gasteiger partial charge in [0.25, 0.3) is 11.4 Å². The van der Waals surface area contributed by atoms with Crippen LogP contribution in [0.4, 0.5) is 17.2 Å². The van der Waals surface area contributed by atoms with Crippen LogP contribution in [-0.4, -0.2) is 36.2 Å². The fraction of sp³-hybridized carbons (Fsp3) is 0. The summed E-state index contributed by atoms with van der Waals surface area (Å²) in [4.78, 5) is 20.6. The molecule has 1 heterocycles. The summed E-state index contributed by atoms with van der Waals surface area (Å²) >= 11 is 0. The normalized spacial score (nSPS) is 11.3. The zero-order valence-corrected chi connectivity index (χ0v) is 10.1. The van der Waals surface area contributed by atoms with Crippen LogP contribution in [0.25, 0.3) is 0 Å². The quantitative estimate of drug-likeness (QED) is 0.333. The van der Waals surface area contributed by atoms with Crippen molar-refractivity contribution < 1.29 is 24.8 Å². The molecule has 0 aliphatic rings. The number of carbonyl (C=O) groups is 1. The van der Waals surface area contributed by atoms with Crippen LogP contribution in [0.1, 0.15) is 10.4 Å².